The fourth-order valence-electron chi connectivity index (χ4n) is 6.66. The minimum atomic E-state index is -3.23. The standard InChI is InChI=1S/C26H31N3O3S/c30-25-26(13-6-8-19-7-5-9-21(27-25)24(19)26)12-3-4-14-28-15-16-29-20(17-28)18-33(31,32)23-11-2-1-10-22(23)29/h1-2,5,7,9-11,20H,3-4,6,8,12-18H2,(H,27,30). The molecule has 0 saturated carbocycles. The molecule has 0 bridgehead atoms. The third kappa shape index (κ3) is 3.39. The van der Waals surface area contributed by atoms with Crippen LogP contribution in [-0.4, -0.2) is 57.2 Å². The summed E-state index contributed by atoms with van der Waals surface area (Å²) in [6, 6.07) is 13.7. The van der Waals surface area contributed by atoms with E-state index in [-0.39, 0.29) is 23.1 Å². The van der Waals surface area contributed by atoms with Crippen LogP contribution in [0.15, 0.2) is 47.4 Å². The number of carbonyl (C=O) groups is 1. The van der Waals surface area contributed by atoms with Crippen LogP contribution in [0.1, 0.15) is 43.2 Å². The molecule has 0 spiro atoms. The first kappa shape index (κ1) is 21.2. The van der Waals surface area contributed by atoms with Crippen molar-refractivity contribution in [3.05, 3.63) is 53.6 Å². The maximum Gasteiger partial charge on any atom is 0.235 e. The van der Waals surface area contributed by atoms with E-state index < -0.39 is 9.84 Å². The zero-order valence-corrected chi connectivity index (χ0v) is 19.7. The Morgan fingerprint density at radius 3 is 2.85 bits per heavy atom. The normalized spacial score (nSPS) is 27.5. The van der Waals surface area contributed by atoms with Gasteiger partial charge in [0.25, 0.3) is 0 Å². The number of nitrogens with one attached hydrogen (secondary N) is 1. The summed E-state index contributed by atoms with van der Waals surface area (Å²) in [5.41, 5.74) is 4.15. The number of aryl methyl sites for hydroxylation is 1. The van der Waals surface area contributed by atoms with Crippen molar-refractivity contribution in [1.29, 1.82) is 0 Å². The van der Waals surface area contributed by atoms with E-state index >= 15 is 0 Å². The molecule has 6 rings (SSSR count). The van der Waals surface area contributed by atoms with Gasteiger partial charge in [0.05, 0.1) is 27.8 Å². The summed E-state index contributed by atoms with van der Waals surface area (Å²) in [4.78, 5) is 18.2. The van der Waals surface area contributed by atoms with Gasteiger partial charge in [0.15, 0.2) is 9.84 Å². The second-order valence-electron chi connectivity index (χ2n) is 10.1. The molecule has 1 amide bonds. The van der Waals surface area contributed by atoms with Crippen molar-refractivity contribution < 1.29 is 13.2 Å². The number of unbranched alkanes of at least 4 members (excludes halogenated alkanes) is 1. The van der Waals surface area contributed by atoms with Crippen molar-refractivity contribution in [2.75, 3.05) is 42.1 Å². The zero-order chi connectivity index (χ0) is 22.6. The lowest BCUT2D eigenvalue weighted by molar-refractivity contribution is -0.121. The number of fused-ring (bicyclic) bond motifs is 3. The summed E-state index contributed by atoms with van der Waals surface area (Å²) in [5.74, 6) is 0.382. The molecule has 3 heterocycles. The van der Waals surface area contributed by atoms with E-state index in [0.29, 0.717) is 4.90 Å². The Morgan fingerprint density at radius 1 is 1.06 bits per heavy atom. The Morgan fingerprint density at radius 2 is 1.94 bits per heavy atom. The zero-order valence-electron chi connectivity index (χ0n) is 18.9. The fraction of sp³-hybridized carbons (Fsp3) is 0.500. The molecule has 7 heteroatoms. The Balaban J connectivity index is 1.09. The fourth-order valence-corrected chi connectivity index (χ4v) is 8.42. The molecule has 1 N–H and O–H groups in total. The molecular formula is C26H31N3O3S. The summed E-state index contributed by atoms with van der Waals surface area (Å²) in [6.07, 6.45) is 6.02. The third-order valence-corrected chi connectivity index (χ3v) is 10.0. The maximum atomic E-state index is 13.0. The minimum absolute atomic E-state index is 0.0191. The predicted molar refractivity (Wildman–Crippen MR) is 130 cm³/mol. The number of nitrogens with zero attached hydrogens (tertiary/aromatic N) is 2. The lowest BCUT2D eigenvalue weighted by atomic mass is 9.68. The summed E-state index contributed by atoms with van der Waals surface area (Å²) >= 11 is 0. The predicted octanol–water partition coefficient (Wildman–Crippen LogP) is 3.36. The maximum absolute atomic E-state index is 13.0. The van der Waals surface area contributed by atoms with Gasteiger partial charge in [-0.3, -0.25) is 9.69 Å². The van der Waals surface area contributed by atoms with Crippen LogP contribution in [0.2, 0.25) is 0 Å². The first-order chi connectivity index (χ1) is 16.0. The molecule has 1 fully saturated rings. The van der Waals surface area contributed by atoms with Gasteiger partial charge in [0.2, 0.25) is 5.91 Å². The molecule has 1 saturated heterocycles. The highest BCUT2D eigenvalue weighted by molar-refractivity contribution is 7.91. The number of benzene rings is 2. The summed E-state index contributed by atoms with van der Waals surface area (Å²) < 4.78 is 25.6. The van der Waals surface area contributed by atoms with Crippen molar-refractivity contribution in [3.8, 4) is 0 Å². The monoisotopic (exact) mass is 465 g/mol. The quantitative estimate of drug-likeness (QED) is 0.686. The van der Waals surface area contributed by atoms with E-state index in [1.807, 2.05) is 24.3 Å². The second-order valence-corrected chi connectivity index (χ2v) is 12.1. The molecule has 0 radical (unpaired) electrons. The van der Waals surface area contributed by atoms with Crippen molar-refractivity contribution in [2.24, 2.45) is 0 Å². The Hall–Kier alpha value is -2.38. The molecular weight excluding hydrogens is 434 g/mol. The van der Waals surface area contributed by atoms with Gasteiger partial charge in [-0.05, 0) is 68.0 Å². The Bertz CT molecular complexity index is 1210. The molecule has 2 atom stereocenters. The minimum Gasteiger partial charge on any atom is -0.364 e. The first-order valence-electron chi connectivity index (χ1n) is 12.2. The Labute approximate surface area is 195 Å². The van der Waals surface area contributed by atoms with E-state index in [1.165, 1.54) is 11.1 Å². The topological polar surface area (TPSA) is 69.7 Å². The van der Waals surface area contributed by atoms with Gasteiger partial charge in [-0.25, -0.2) is 8.42 Å². The van der Waals surface area contributed by atoms with Gasteiger partial charge in [-0.1, -0.05) is 30.7 Å². The Kier molecular flexibility index (Phi) is 5.03. The lowest BCUT2D eigenvalue weighted by Gasteiger charge is -2.45. The van der Waals surface area contributed by atoms with Gasteiger partial charge in [0.1, 0.15) is 0 Å². The van der Waals surface area contributed by atoms with E-state index in [2.05, 4.69) is 27.2 Å². The highest BCUT2D eigenvalue weighted by atomic mass is 32.2. The van der Waals surface area contributed by atoms with Crippen LogP contribution in [0, 0.1) is 0 Å². The lowest BCUT2D eigenvalue weighted by Crippen LogP contribution is -2.58. The van der Waals surface area contributed by atoms with Crippen LogP contribution < -0.4 is 10.2 Å². The number of sulfone groups is 1. The second kappa shape index (κ2) is 7.84. The van der Waals surface area contributed by atoms with Crippen LogP contribution >= 0.6 is 0 Å². The molecule has 6 nitrogen and oxygen atoms in total. The number of para-hydroxylation sites is 1. The number of piperazine rings is 1. The molecule has 1 aliphatic carbocycles. The highest BCUT2D eigenvalue weighted by Crippen LogP contribution is 2.49. The van der Waals surface area contributed by atoms with Crippen molar-refractivity contribution in [1.82, 2.24) is 4.90 Å². The molecule has 174 valence electrons. The first-order valence-corrected chi connectivity index (χ1v) is 13.9. The average Bonchev–Trinajstić information content (AvgIpc) is 3.10. The number of carbonyl (C=O) groups excluding carboxylic acids is 1. The van der Waals surface area contributed by atoms with E-state index in [0.717, 1.165) is 76.1 Å². The van der Waals surface area contributed by atoms with Gasteiger partial charge in [0, 0.05) is 25.3 Å². The van der Waals surface area contributed by atoms with E-state index in [1.54, 1.807) is 6.07 Å². The van der Waals surface area contributed by atoms with E-state index in [4.69, 9.17) is 0 Å². The number of hydrogen-bond donors (Lipinski definition) is 1. The average molecular weight is 466 g/mol. The molecule has 4 aliphatic rings. The van der Waals surface area contributed by atoms with Crippen molar-refractivity contribution in [3.63, 3.8) is 0 Å². The van der Waals surface area contributed by atoms with Crippen LogP contribution in [0.5, 0.6) is 0 Å². The van der Waals surface area contributed by atoms with Gasteiger partial charge in [-0.2, -0.15) is 0 Å². The molecule has 33 heavy (non-hydrogen) atoms. The van der Waals surface area contributed by atoms with Crippen LogP contribution in [0.4, 0.5) is 11.4 Å². The number of hydrogen-bond acceptors (Lipinski definition) is 5. The molecule has 0 aromatic heterocycles. The summed E-state index contributed by atoms with van der Waals surface area (Å²) in [5, 5.41) is 3.15. The number of rotatable bonds is 5. The molecule has 2 aromatic carbocycles. The van der Waals surface area contributed by atoms with Crippen molar-refractivity contribution in [2.45, 2.75) is 54.9 Å². The third-order valence-electron chi connectivity index (χ3n) is 8.18. The smallest absolute Gasteiger partial charge is 0.235 e. The van der Waals surface area contributed by atoms with Crippen LogP contribution in [-0.2, 0) is 26.5 Å². The summed E-state index contributed by atoms with van der Waals surface area (Å²) in [6.45, 7) is 3.55. The van der Waals surface area contributed by atoms with Gasteiger partial charge in [-0.15, -0.1) is 0 Å². The van der Waals surface area contributed by atoms with Crippen LogP contribution in [0.3, 0.4) is 0 Å². The van der Waals surface area contributed by atoms with E-state index in [9.17, 15) is 13.2 Å². The van der Waals surface area contributed by atoms with Crippen molar-refractivity contribution >= 4 is 27.1 Å². The highest BCUT2D eigenvalue weighted by Gasteiger charge is 2.48. The van der Waals surface area contributed by atoms with Gasteiger partial charge < -0.3 is 10.2 Å². The molecule has 2 aromatic rings. The molecule has 3 aliphatic heterocycles. The van der Waals surface area contributed by atoms with Crippen LogP contribution in [0.25, 0.3) is 0 Å². The van der Waals surface area contributed by atoms with Gasteiger partial charge >= 0.3 is 0 Å². The number of amides is 1. The molecule has 2 unspecified atom stereocenters. The summed E-state index contributed by atoms with van der Waals surface area (Å²) in [7, 11) is -3.23. The largest absolute Gasteiger partial charge is 0.364 e. The SMILES string of the molecule is O=C1Nc2cccc3c2C1(CCCCN1CCN2c4ccccc4S(=O)(=O)CC2C1)CCC3. The number of anilines is 2.